The second-order valence-electron chi connectivity index (χ2n) is 7.29. The van der Waals surface area contributed by atoms with E-state index in [1.807, 2.05) is 0 Å². The summed E-state index contributed by atoms with van der Waals surface area (Å²) in [6, 6.07) is 22.8. The number of fused-ring (bicyclic) bond motifs is 4. The van der Waals surface area contributed by atoms with Gasteiger partial charge in [-0.25, -0.2) is 0 Å². The van der Waals surface area contributed by atoms with Gasteiger partial charge in [-0.1, -0.05) is 24.3 Å². The Labute approximate surface area is 189 Å². The molecule has 0 atom stereocenters. The first-order valence-corrected chi connectivity index (χ1v) is 9.56. The van der Waals surface area contributed by atoms with Crippen molar-refractivity contribution in [2.24, 2.45) is 0 Å². The number of anilines is 7. The van der Waals surface area contributed by atoms with E-state index in [4.69, 9.17) is 0 Å². The molecule has 2 aliphatic rings. The van der Waals surface area contributed by atoms with Crippen LogP contribution in [0.2, 0.25) is 0 Å². The second-order valence-corrected chi connectivity index (χ2v) is 7.29. The quantitative estimate of drug-likeness (QED) is 0.281. The third kappa shape index (κ3) is 2.51. The van der Waals surface area contributed by atoms with Crippen LogP contribution in [0.15, 0.2) is 73.2 Å². The zero-order chi connectivity index (χ0) is 19.5. The summed E-state index contributed by atoms with van der Waals surface area (Å²) in [5.41, 5.74) is 9.71. The summed E-state index contributed by atoms with van der Waals surface area (Å²) < 4.78 is 0. The molecule has 30 heavy (non-hydrogen) atoms. The molecular weight excluding hydrogens is 551 g/mol. The van der Waals surface area contributed by atoms with Crippen molar-refractivity contribution >= 4 is 39.8 Å². The van der Waals surface area contributed by atoms with Gasteiger partial charge in [-0.15, -0.1) is 17.7 Å². The molecule has 0 saturated heterocycles. The maximum absolute atomic E-state index is 4.50. The fourth-order valence-electron chi connectivity index (χ4n) is 4.34. The van der Waals surface area contributed by atoms with Crippen molar-refractivity contribution in [3.63, 3.8) is 0 Å². The number of aromatic nitrogens is 2. The maximum Gasteiger partial charge on any atom is 0.0632 e. The summed E-state index contributed by atoms with van der Waals surface area (Å²) in [4.78, 5) is 15.6. The SMILES string of the molecule is CN1c2[c-]c(-c3cnccn3)cc3c2N(c2ccccc21)c1ccccc1N3C.[Ir]. The Kier molecular flexibility index (Phi) is 4.35. The molecule has 1 radical (unpaired) electrons. The van der Waals surface area contributed by atoms with Gasteiger partial charge in [0.15, 0.2) is 0 Å². The summed E-state index contributed by atoms with van der Waals surface area (Å²) >= 11 is 0. The Hall–Kier alpha value is -3.21. The molecule has 0 bridgehead atoms. The summed E-state index contributed by atoms with van der Waals surface area (Å²) in [7, 11) is 4.22. The maximum atomic E-state index is 4.50. The zero-order valence-electron chi connectivity index (χ0n) is 16.5. The molecule has 0 aliphatic carbocycles. The van der Waals surface area contributed by atoms with Crippen LogP contribution in [0.4, 0.5) is 39.8 Å². The third-order valence-corrected chi connectivity index (χ3v) is 5.73. The summed E-state index contributed by atoms with van der Waals surface area (Å²) in [5, 5.41) is 0. The van der Waals surface area contributed by atoms with Gasteiger partial charge in [0, 0.05) is 64.2 Å². The van der Waals surface area contributed by atoms with E-state index in [9.17, 15) is 0 Å². The Morgan fingerprint density at radius 3 is 2.03 bits per heavy atom. The average Bonchev–Trinajstić information content (AvgIpc) is 2.79. The van der Waals surface area contributed by atoms with E-state index in [2.05, 4.69) is 99.4 Å². The largest absolute Gasteiger partial charge is 0.358 e. The molecule has 1 aromatic heterocycles. The van der Waals surface area contributed by atoms with Gasteiger partial charge in [0.2, 0.25) is 0 Å². The Bertz CT molecular complexity index is 1180. The van der Waals surface area contributed by atoms with E-state index in [-0.39, 0.29) is 20.1 Å². The molecule has 4 aromatic rings. The predicted molar refractivity (Wildman–Crippen MR) is 117 cm³/mol. The minimum atomic E-state index is 0. The van der Waals surface area contributed by atoms with Gasteiger partial charge in [0.1, 0.15) is 0 Å². The van der Waals surface area contributed by atoms with Crippen molar-refractivity contribution < 1.29 is 20.1 Å². The van der Waals surface area contributed by atoms with Gasteiger partial charge in [-0.3, -0.25) is 4.98 Å². The second kappa shape index (κ2) is 6.94. The number of nitrogens with zero attached hydrogens (tertiary/aromatic N) is 5. The minimum Gasteiger partial charge on any atom is -0.358 e. The third-order valence-electron chi connectivity index (χ3n) is 5.73. The first-order chi connectivity index (χ1) is 14.2. The van der Waals surface area contributed by atoms with Crippen molar-refractivity contribution in [1.29, 1.82) is 0 Å². The monoisotopic (exact) mass is 569 g/mol. The van der Waals surface area contributed by atoms with E-state index in [1.54, 1.807) is 18.6 Å². The number of hydrogen-bond acceptors (Lipinski definition) is 5. The van der Waals surface area contributed by atoms with E-state index in [0.29, 0.717) is 0 Å². The van der Waals surface area contributed by atoms with Crippen molar-refractivity contribution in [2.75, 3.05) is 28.8 Å². The topological polar surface area (TPSA) is 35.5 Å². The van der Waals surface area contributed by atoms with Crippen molar-refractivity contribution in [2.45, 2.75) is 0 Å². The Balaban J connectivity index is 0.00000193. The normalized spacial score (nSPS) is 13.2. The first-order valence-electron chi connectivity index (χ1n) is 9.56. The summed E-state index contributed by atoms with van der Waals surface area (Å²) in [5.74, 6) is 0. The molecule has 149 valence electrons. The molecule has 0 unspecified atom stereocenters. The number of rotatable bonds is 1. The minimum absolute atomic E-state index is 0. The van der Waals surface area contributed by atoms with E-state index < -0.39 is 0 Å². The molecule has 0 saturated carbocycles. The molecule has 6 heteroatoms. The van der Waals surface area contributed by atoms with Crippen LogP contribution in [0.1, 0.15) is 0 Å². The van der Waals surface area contributed by atoms with Gasteiger partial charge < -0.3 is 19.7 Å². The van der Waals surface area contributed by atoms with Crippen LogP contribution >= 0.6 is 0 Å². The van der Waals surface area contributed by atoms with Crippen LogP contribution in [0.5, 0.6) is 0 Å². The zero-order valence-corrected chi connectivity index (χ0v) is 18.9. The fourth-order valence-corrected chi connectivity index (χ4v) is 4.34. The standard InChI is InChI=1S/C24H18N5.Ir/c1-27-18-7-3-5-9-20(18)29-21-10-6-4-8-19(21)28(2)23-14-16(13-22(27)24(23)29)17-15-25-11-12-26-17;/h3-13,15H,1-2H3;/q-1;. The van der Waals surface area contributed by atoms with Crippen molar-refractivity contribution in [3.05, 3.63) is 79.3 Å². The molecule has 3 aromatic carbocycles. The van der Waals surface area contributed by atoms with Crippen LogP contribution in [-0.4, -0.2) is 24.1 Å². The first kappa shape index (κ1) is 18.8. The van der Waals surface area contributed by atoms with Crippen molar-refractivity contribution in [1.82, 2.24) is 9.97 Å². The van der Waals surface area contributed by atoms with E-state index in [1.165, 1.54) is 17.1 Å². The smallest absolute Gasteiger partial charge is 0.0632 e. The molecule has 3 heterocycles. The van der Waals surface area contributed by atoms with Gasteiger partial charge in [0.25, 0.3) is 0 Å². The van der Waals surface area contributed by atoms with E-state index in [0.717, 1.165) is 34.0 Å². The molecule has 0 N–H and O–H groups in total. The summed E-state index contributed by atoms with van der Waals surface area (Å²) in [6.07, 6.45) is 5.20. The molecule has 0 amide bonds. The fraction of sp³-hybridized carbons (Fsp3) is 0.0833. The number of benzene rings is 3. The van der Waals surface area contributed by atoms with Gasteiger partial charge in [-0.05, 0) is 35.6 Å². The van der Waals surface area contributed by atoms with Crippen LogP contribution in [0.25, 0.3) is 11.3 Å². The van der Waals surface area contributed by atoms with Gasteiger partial charge in [0.05, 0.1) is 22.7 Å². The summed E-state index contributed by atoms with van der Waals surface area (Å²) in [6.45, 7) is 0. The van der Waals surface area contributed by atoms with Crippen LogP contribution < -0.4 is 14.7 Å². The predicted octanol–water partition coefficient (Wildman–Crippen LogP) is 5.57. The molecule has 6 rings (SSSR count). The molecule has 5 nitrogen and oxygen atoms in total. The molecule has 0 fully saturated rings. The van der Waals surface area contributed by atoms with E-state index >= 15 is 0 Å². The van der Waals surface area contributed by atoms with Crippen molar-refractivity contribution in [3.8, 4) is 11.3 Å². The van der Waals surface area contributed by atoms with Gasteiger partial charge >= 0.3 is 0 Å². The molecule has 2 aliphatic heterocycles. The van der Waals surface area contributed by atoms with Crippen LogP contribution in [0.3, 0.4) is 0 Å². The van der Waals surface area contributed by atoms with Crippen LogP contribution in [-0.2, 0) is 20.1 Å². The number of para-hydroxylation sites is 4. The van der Waals surface area contributed by atoms with Gasteiger partial charge in [-0.2, -0.15) is 0 Å². The molecule has 0 spiro atoms. The average molecular weight is 569 g/mol. The van der Waals surface area contributed by atoms with Crippen LogP contribution in [0, 0.1) is 6.07 Å². The molecular formula is C24H18IrN5-. The number of hydrogen-bond donors (Lipinski definition) is 0. The Morgan fingerprint density at radius 1 is 0.767 bits per heavy atom. The Morgan fingerprint density at radius 2 is 1.40 bits per heavy atom.